The minimum absolute atomic E-state index is 0.115. The van der Waals surface area contributed by atoms with Gasteiger partial charge in [-0.3, -0.25) is 14.7 Å². The molecule has 1 aromatic rings. The zero-order chi connectivity index (χ0) is 17.4. The number of nitrogens with one attached hydrogen (secondary N) is 2. The van der Waals surface area contributed by atoms with Crippen LogP contribution in [0.2, 0.25) is 0 Å². The van der Waals surface area contributed by atoms with E-state index in [0.717, 1.165) is 5.69 Å². The maximum atomic E-state index is 13.1. The van der Waals surface area contributed by atoms with E-state index in [-0.39, 0.29) is 18.4 Å². The topological polar surface area (TPSA) is 78.1 Å². The minimum atomic E-state index is -3.43. The van der Waals surface area contributed by atoms with Crippen LogP contribution in [0.3, 0.4) is 0 Å². The second-order valence-electron chi connectivity index (χ2n) is 6.73. The summed E-state index contributed by atoms with van der Waals surface area (Å²) in [5.74, 6) is -4.84. The molecule has 2 N–H and O–H groups in total. The van der Waals surface area contributed by atoms with E-state index < -0.39 is 17.4 Å². The van der Waals surface area contributed by atoms with Gasteiger partial charge in [-0.15, -0.1) is 0 Å². The average Bonchev–Trinajstić information content (AvgIpc) is 3.03. The number of hydrogen-bond donors (Lipinski definition) is 2. The van der Waals surface area contributed by atoms with Crippen molar-refractivity contribution in [1.29, 1.82) is 0 Å². The molecule has 8 heteroatoms. The molecule has 1 fully saturated rings. The Morgan fingerprint density at radius 2 is 2.13 bits per heavy atom. The number of aromatic amines is 1. The lowest BCUT2D eigenvalue weighted by Gasteiger charge is -2.27. The Bertz CT molecular complexity index is 609. The zero-order valence-electron chi connectivity index (χ0n) is 13.7. The number of H-pyrrole nitrogens is 1. The van der Waals surface area contributed by atoms with Crippen LogP contribution in [0.4, 0.5) is 8.78 Å². The molecule has 0 bridgehead atoms. The highest BCUT2D eigenvalue weighted by atomic mass is 19.3. The van der Waals surface area contributed by atoms with Gasteiger partial charge in [0, 0.05) is 20.0 Å². The summed E-state index contributed by atoms with van der Waals surface area (Å²) in [6, 6.07) is 0. The molecular weight excluding hydrogens is 306 g/mol. The van der Waals surface area contributed by atoms with Crippen molar-refractivity contribution < 1.29 is 18.4 Å². The summed E-state index contributed by atoms with van der Waals surface area (Å²) in [7, 11) is 0. The van der Waals surface area contributed by atoms with Crippen molar-refractivity contribution in [3.8, 4) is 0 Å². The molecular formula is C15H22F2N4O2. The van der Waals surface area contributed by atoms with Crippen LogP contribution < -0.4 is 5.32 Å². The van der Waals surface area contributed by atoms with Crippen molar-refractivity contribution in [3.05, 3.63) is 17.5 Å². The van der Waals surface area contributed by atoms with E-state index in [1.807, 2.05) is 13.8 Å². The Balaban J connectivity index is 2.08. The van der Waals surface area contributed by atoms with Crippen LogP contribution in [0, 0.1) is 0 Å². The number of rotatable bonds is 4. The molecule has 0 saturated carbocycles. The molecule has 0 spiro atoms. The predicted octanol–water partition coefficient (Wildman–Crippen LogP) is 1.91. The van der Waals surface area contributed by atoms with Crippen molar-refractivity contribution in [2.75, 3.05) is 13.1 Å². The van der Waals surface area contributed by atoms with Gasteiger partial charge in [0.25, 0.3) is 11.8 Å². The van der Waals surface area contributed by atoms with E-state index in [1.54, 1.807) is 11.8 Å². The fourth-order valence-corrected chi connectivity index (χ4v) is 2.70. The largest absolute Gasteiger partial charge is 0.344 e. The van der Waals surface area contributed by atoms with Gasteiger partial charge in [-0.2, -0.15) is 13.9 Å². The Hall–Kier alpha value is -1.99. The fourth-order valence-electron chi connectivity index (χ4n) is 2.70. The number of nitrogens with zero attached hydrogens (tertiary/aromatic N) is 2. The van der Waals surface area contributed by atoms with Gasteiger partial charge < -0.3 is 10.2 Å². The lowest BCUT2D eigenvalue weighted by Crippen LogP contribution is -2.53. The molecule has 0 aromatic carbocycles. The molecule has 1 aliphatic rings. The van der Waals surface area contributed by atoms with Crippen LogP contribution in [0.15, 0.2) is 6.20 Å². The number of hydrogen-bond acceptors (Lipinski definition) is 3. The summed E-state index contributed by atoms with van der Waals surface area (Å²) in [5.41, 5.74) is 0.373. The van der Waals surface area contributed by atoms with Crippen LogP contribution in [0.1, 0.15) is 56.1 Å². The smallest absolute Gasteiger partial charge is 0.321 e. The Labute approximate surface area is 133 Å². The third-order valence-electron chi connectivity index (χ3n) is 4.05. The van der Waals surface area contributed by atoms with E-state index in [9.17, 15) is 18.4 Å². The van der Waals surface area contributed by atoms with Gasteiger partial charge in [0.15, 0.2) is 0 Å². The highest BCUT2D eigenvalue weighted by Gasteiger charge is 2.42. The lowest BCUT2D eigenvalue weighted by atomic mass is 10.0. The number of alkyl halides is 2. The number of likely N-dealkylation sites (tertiary alicyclic amines) is 1. The van der Waals surface area contributed by atoms with Crippen LogP contribution >= 0.6 is 0 Å². The number of halogens is 2. The highest BCUT2D eigenvalue weighted by molar-refractivity contribution is 5.95. The Morgan fingerprint density at radius 3 is 2.70 bits per heavy atom. The summed E-state index contributed by atoms with van der Waals surface area (Å²) in [5, 5.41) is 9.08. The second-order valence-corrected chi connectivity index (χ2v) is 6.73. The minimum Gasteiger partial charge on any atom is -0.344 e. The van der Waals surface area contributed by atoms with Crippen molar-refractivity contribution in [1.82, 2.24) is 20.4 Å². The summed E-state index contributed by atoms with van der Waals surface area (Å²) < 4.78 is 26.1. The normalized spacial score (nSPS) is 21.8. The second kappa shape index (κ2) is 5.90. The number of carbonyl (C=O) groups excluding carboxylic acids is 2. The Morgan fingerprint density at radius 1 is 1.48 bits per heavy atom. The highest BCUT2D eigenvalue weighted by Crippen LogP contribution is 2.26. The SMILES string of the molecule is CC(C)c1[nH]ncc1C(=O)N1CC[C@@](C)(NC(=O)C(C)(F)F)C1. The van der Waals surface area contributed by atoms with Gasteiger partial charge in [0.1, 0.15) is 0 Å². The molecule has 6 nitrogen and oxygen atoms in total. The first-order valence-electron chi connectivity index (χ1n) is 7.56. The maximum Gasteiger partial charge on any atom is 0.321 e. The summed E-state index contributed by atoms with van der Waals surface area (Å²) in [4.78, 5) is 25.7. The van der Waals surface area contributed by atoms with Crippen LogP contribution in [0.25, 0.3) is 0 Å². The van der Waals surface area contributed by atoms with Gasteiger partial charge >= 0.3 is 5.92 Å². The first kappa shape index (κ1) is 17.4. The third kappa shape index (κ3) is 3.68. The molecule has 1 saturated heterocycles. The third-order valence-corrected chi connectivity index (χ3v) is 4.05. The van der Waals surface area contributed by atoms with Crippen molar-refractivity contribution in [3.63, 3.8) is 0 Å². The van der Waals surface area contributed by atoms with Gasteiger partial charge in [0.2, 0.25) is 0 Å². The van der Waals surface area contributed by atoms with Crippen LogP contribution in [0.5, 0.6) is 0 Å². The summed E-state index contributed by atoms with van der Waals surface area (Å²) in [6.07, 6.45) is 1.90. The molecule has 23 heavy (non-hydrogen) atoms. The van der Waals surface area contributed by atoms with E-state index in [2.05, 4.69) is 15.5 Å². The zero-order valence-corrected chi connectivity index (χ0v) is 13.7. The first-order chi connectivity index (χ1) is 10.5. The molecule has 1 aromatic heterocycles. The van der Waals surface area contributed by atoms with E-state index >= 15 is 0 Å². The molecule has 0 aliphatic carbocycles. The van der Waals surface area contributed by atoms with Gasteiger partial charge in [-0.05, 0) is 19.3 Å². The Kier molecular flexibility index (Phi) is 4.45. The molecule has 128 valence electrons. The number of aromatic nitrogens is 2. The van der Waals surface area contributed by atoms with Crippen molar-refractivity contribution in [2.45, 2.75) is 51.5 Å². The molecule has 1 aliphatic heterocycles. The maximum absolute atomic E-state index is 13.1. The van der Waals surface area contributed by atoms with E-state index in [0.29, 0.717) is 25.5 Å². The molecule has 0 unspecified atom stereocenters. The number of carbonyl (C=O) groups is 2. The standard InChI is InChI=1S/C15H22F2N4O2/c1-9(2)11-10(7-18-20-11)12(22)21-6-5-14(3,8-21)19-13(23)15(4,16)17/h7,9H,5-6,8H2,1-4H3,(H,18,20)(H,19,23)/t14-/m1/s1. The molecule has 0 radical (unpaired) electrons. The van der Waals surface area contributed by atoms with Gasteiger partial charge in [-0.1, -0.05) is 13.8 Å². The van der Waals surface area contributed by atoms with Gasteiger partial charge in [-0.25, -0.2) is 0 Å². The van der Waals surface area contributed by atoms with Crippen molar-refractivity contribution in [2.24, 2.45) is 0 Å². The van der Waals surface area contributed by atoms with Crippen LogP contribution in [-0.4, -0.2) is 51.5 Å². The first-order valence-corrected chi connectivity index (χ1v) is 7.56. The van der Waals surface area contributed by atoms with E-state index in [1.165, 1.54) is 6.20 Å². The van der Waals surface area contributed by atoms with Gasteiger partial charge in [0.05, 0.1) is 23.0 Å². The summed E-state index contributed by atoms with van der Waals surface area (Å²) in [6.45, 7) is 6.71. The molecule has 2 rings (SSSR count). The monoisotopic (exact) mass is 328 g/mol. The van der Waals surface area contributed by atoms with Crippen LogP contribution in [-0.2, 0) is 4.79 Å². The predicted molar refractivity (Wildman–Crippen MR) is 80.4 cm³/mol. The number of amides is 2. The molecule has 2 heterocycles. The lowest BCUT2D eigenvalue weighted by molar-refractivity contribution is -0.144. The fraction of sp³-hybridized carbons (Fsp3) is 0.667. The quantitative estimate of drug-likeness (QED) is 0.886. The molecule has 1 atom stereocenters. The summed E-state index contributed by atoms with van der Waals surface area (Å²) >= 11 is 0. The average molecular weight is 328 g/mol. The van der Waals surface area contributed by atoms with E-state index in [4.69, 9.17) is 0 Å². The molecule has 2 amide bonds. The van der Waals surface area contributed by atoms with Crippen molar-refractivity contribution >= 4 is 11.8 Å².